The lowest BCUT2D eigenvalue weighted by atomic mass is 10.1. The van der Waals surface area contributed by atoms with Gasteiger partial charge in [-0.15, -0.1) is 0 Å². The molecule has 31 heavy (non-hydrogen) atoms. The fourth-order valence-electron chi connectivity index (χ4n) is 3.76. The highest BCUT2D eigenvalue weighted by molar-refractivity contribution is 8.00. The van der Waals surface area contributed by atoms with E-state index in [0.29, 0.717) is 22.6 Å². The van der Waals surface area contributed by atoms with Crippen LogP contribution in [-0.4, -0.2) is 33.4 Å². The Labute approximate surface area is 186 Å². The summed E-state index contributed by atoms with van der Waals surface area (Å²) in [5.74, 6) is -0.0903. The minimum Gasteiger partial charge on any atom is -0.376 e. The lowest BCUT2D eigenvalue weighted by Crippen LogP contribution is -2.34. The molecule has 1 N–H and O–H groups in total. The number of hydrogen-bond donors (Lipinski definition) is 1. The van der Waals surface area contributed by atoms with Crippen molar-refractivity contribution in [1.82, 2.24) is 14.9 Å². The van der Waals surface area contributed by atoms with Crippen molar-refractivity contribution < 1.29 is 9.53 Å². The van der Waals surface area contributed by atoms with E-state index < -0.39 is 5.25 Å². The van der Waals surface area contributed by atoms with E-state index in [-0.39, 0.29) is 23.6 Å². The number of thioether (sulfide) groups is 1. The predicted octanol–water partition coefficient (Wildman–Crippen LogP) is 3.93. The summed E-state index contributed by atoms with van der Waals surface area (Å²) in [7, 11) is 0. The Morgan fingerprint density at radius 1 is 1.19 bits per heavy atom. The number of carbonyl (C=O) groups is 1. The van der Waals surface area contributed by atoms with Crippen LogP contribution < -0.4 is 10.9 Å². The van der Waals surface area contributed by atoms with Crippen LogP contribution in [0.25, 0.3) is 10.9 Å². The number of amides is 1. The highest BCUT2D eigenvalue weighted by Crippen LogP contribution is 2.25. The number of aromatic nitrogens is 2. The van der Waals surface area contributed by atoms with Gasteiger partial charge < -0.3 is 10.1 Å². The lowest BCUT2D eigenvalue weighted by molar-refractivity contribution is -0.120. The molecule has 1 aliphatic rings. The van der Waals surface area contributed by atoms with Gasteiger partial charge in [-0.25, -0.2) is 4.98 Å². The van der Waals surface area contributed by atoms with Crippen molar-refractivity contribution in [2.24, 2.45) is 0 Å². The Morgan fingerprint density at radius 2 is 1.94 bits per heavy atom. The van der Waals surface area contributed by atoms with Crippen LogP contribution in [0.4, 0.5) is 0 Å². The standard InChI is InChI=1S/C24H27N3O3S/c1-16(18-9-4-3-5-10-18)25-22(28)17(2)31-24-26-21-13-7-6-12-20(21)23(29)27(24)15-19-11-8-14-30-19/h3-7,9-10,12-13,16-17,19H,8,11,14-15H2,1-2H3,(H,25,28)/t16-,17+,19+/m1/s1. The third kappa shape index (κ3) is 4.99. The van der Waals surface area contributed by atoms with Crippen molar-refractivity contribution in [3.8, 4) is 0 Å². The summed E-state index contributed by atoms with van der Waals surface area (Å²) in [5.41, 5.74) is 1.60. The second-order valence-electron chi connectivity index (χ2n) is 7.86. The molecule has 2 aromatic carbocycles. The zero-order chi connectivity index (χ0) is 21.8. The molecule has 0 spiro atoms. The first kappa shape index (κ1) is 21.6. The van der Waals surface area contributed by atoms with Crippen molar-refractivity contribution in [2.75, 3.05) is 6.61 Å². The van der Waals surface area contributed by atoms with Crippen LogP contribution in [0.15, 0.2) is 64.5 Å². The number of nitrogens with zero attached hydrogens (tertiary/aromatic N) is 2. The molecule has 7 heteroatoms. The predicted molar refractivity (Wildman–Crippen MR) is 123 cm³/mol. The number of ether oxygens (including phenoxy) is 1. The number of rotatable bonds is 7. The Bertz CT molecular complexity index is 1110. The van der Waals surface area contributed by atoms with Gasteiger partial charge in [-0.2, -0.15) is 0 Å². The highest BCUT2D eigenvalue weighted by Gasteiger charge is 2.24. The average molecular weight is 438 g/mol. The molecule has 162 valence electrons. The molecule has 0 unspecified atom stereocenters. The molecule has 1 fully saturated rings. The van der Waals surface area contributed by atoms with Gasteiger partial charge in [0.2, 0.25) is 5.91 Å². The number of fused-ring (bicyclic) bond motifs is 1. The van der Waals surface area contributed by atoms with E-state index in [9.17, 15) is 9.59 Å². The molecular weight excluding hydrogens is 410 g/mol. The SMILES string of the molecule is C[C@H](Sc1nc2ccccc2c(=O)n1C[C@@H]1CCCO1)C(=O)N[C@H](C)c1ccccc1. The number of nitrogens with one attached hydrogen (secondary N) is 1. The van der Waals surface area contributed by atoms with Crippen molar-refractivity contribution >= 4 is 28.6 Å². The number of hydrogen-bond acceptors (Lipinski definition) is 5. The maximum Gasteiger partial charge on any atom is 0.262 e. The van der Waals surface area contributed by atoms with Crippen LogP contribution in [0, 0.1) is 0 Å². The van der Waals surface area contributed by atoms with Crippen LogP contribution in [0.1, 0.15) is 38.3 Å². The monoisotopic (exact) mass is 437 g/mol. The topological polar surface area (TPSA) is 73.2 Å². The van der Waals surface area contributed by atoms with Crippen LogP contribution in [0.2, 0.25) is 0 Å². The van der Waals surface area contributed by atoms with E-state index in [2.05, 4.69) is 5.32 Å². The van der Waals surface area contributed by atoms with Crippen LogP contribution in [0.5, 0.6) is 0 Å². The normalized spacial score (nSPS) is 18.1. The second kappa shape index (κ2) is 9.66. The van der Waals surface area contributed by atoms with E-state index in [1.807, 2.05) is 62.4 Å². The zero-order valence-corrected chi connectivity index (χ0v) is 18.6. The Kier molecular flexibility index (Phi) is 6.73. The van der Waals surface area contributed by atoms with Crippen LogP contribution in [0.3, 0.4) is 0 Å². The van der Waals surface area contributed by atoms with Gasteiger partial charge in [-0.3, -0.25) is 14.2 Å². The summed E-state index contributed by atoms with van der Waals surface area (Å²) in [6.45, 7) is 4.98. The summed E-state index contributed by atoms with van der Waals surface area (Å²) in [6.07, 6.45) is 1.93. The largest absolute Gasteiger partial charge is 0.376 e. The van der Waals surface area contributed by atoms with Gasteiger partial charge in [0.15, 0.2) is 5.16 Å². The summed E-state index contributed by atoms with van der Waals surface area (Å²) >= 11 is 1.31. The molecule has 0 saturated carbocycles. The molecule has 1 aromatic heterocycles. The quantitative estimate of drug-likeness (QED) is 0.448. The van der Waals surface area contributed by atoms with Gasteiger partial charge in [0.05, 0.1) is 34.8 Å². The van der Waals surface area contributed by atoms with Gasteiger partial charge in [0.25, 0.3) is 5.56 Å². The van der Waals surface area contributed by atoms with Crippen molar-refractivity contribution in [3.63, 3.8) is 0 Å². The van der Waals surface area contributed by atoms with E-state index in [1.165, 1.54) is 11.8 Å². The average Bonchev–Trinajstić information content (AvgIpc) is 3.30. The summed E-state index contributed by atoms with van der Waals surface area (Å²) in [5, 5.41) is 3.79. The van der Waals surface area contributed by atoms with E-state index in [1.54, 1.807) is 10.6 Å². The summed E-state index contributed by atoms with van der Waals surface area (Å²) in [6, 6.07) is 17.1. The number of carbonyl (C=O) groups excluding carboxylic acids is 1. The molecule has 0 aliphatic carbocycles. The van der Waals surface area contributed by atoms with Gasteiger partial charge in [0.1, 0.15) is 0 Å². The first-order valence-corrected chi connectivity index (χ1v) is 11.5. The first-order valence-electron chi connectivity index (χ1n) is 10.7. The molecule has 2 heterocycles. The third-order valence-electron chi connectivity index (χ3n) is 5.55. The van der Waals surface area contributed by atoms with Crippen LogP contribution >= 0.6 is 11.8 Å². The van der Waals surface area contributed by atoms with Crippen molar-refractivity contribution in [2.45, 2.75) is 55.8 Å². The molecule has 0 bridgehead atoms. The molecular formula is C24H27N3O3S. The van der Waals surface area contributed by atoms with Gasteiger partial charge in [-0.05, 0) is 44.4 Å². The Morgan fingerprint density at radius 3 is 2.68 bits per heavy atom. The zero-order valence-electron chi connectivity index (χ0n) is 17.8. The minimum atomic E-state index is -0.407. The van der Waals surface area contributed by atoms with E-state index in [4.69, 9.17) is 9.72 Å². The summed E-state index contributed by atoms with van der Waals surface area (Å²) in [4.78, 5) is 30.8. The number of benzene rings is 2. The fraction of sp³-hybridized carbons (Fsp3) is 0.375. The van der Waals surface area contributed by atoms with Gasteiger partial charge in [-0.1, -0.05) is 54.2 Å². The Balaban J connectivity index is 1.57. The summed E-state index contributed by atoms with van der Waals surface area (Å²) < 4.78 is 7.43. The van der Waals surface area contributed by atoms with E-state index in [0.717, 1.165) is 25.0 Å². The Hall–Kier alpha value is -2.64. The molecule has 4 rings (SSSR count). The fourth-order valence-corrected chi connectivity index (χ4v) is 4.69. The third-order valence-corrected chi connectivity index (χ3v) is 6.64. The van der Waals surface area contributed by atoms with Gasteiger partial charge in [0, 0.05) is 6.61 Å². The maximum atomic E-state index is 13.2. The van der Waals surface area contributed by atoms with Crippen LogP contribution in [-0.2, 0) is 16.1 Å². The number of para-hydroxylation sites is 1. The molecule has 1 amide bonds. The first-order chi connectivity index (χ1) is 15.0. The van der Waals surface area contributed by atoms with E-state index >= 15 is 0 Å². The lowest BCUT2D eigenvalue weighted by Gasteiger charge is -2.20. The second-order valence-corrected chi connectivity index (χ2v) is 9.17. The van der Waals surface area contributed by atoms with Crippen molar-refractivity contribution in [3.05, 3.63) is 70.5 Å². The van der Waals surface area contributed by atoms with Crippen molar-refractivity contribution in [1.29, 1.82) is 0 Å². The molecule has 3 aromatic rings. The highest BCUT2D eigenvalue weighted by atomic mass is 32.2. The van der Waals surface area contributed by atoms with Gasteiger partial charge >= 0.3 is 0 Å². The molecule has 3 atom stereocenters. The molecule has 1 aliphatic heterocycles. The minimum absolute atomic E-state index is 0.00208. The maximum absolute atomic E-state index is 13.2. The molecule has 1 saturated heterocycles. The molecule has 0 radical (unpaired) electrons. The molecule has 6 nitrogen and oxygen atoms in total. The smallest absolute Gasteiger partial charge is 0.262 e.